The summed E-state index contributed by atoms with van der Waals surface area (Å²) in [7, 11) is 0. The smallest absolute Gasteiger partial charge is 0.154 e. The van der Waals surface area contributed by atoms with Crippen LogP contribution in [-0.4, -0.2) is 14.9 Å². The fraction of sp³-hybridized carbons (Fsp3) is 0.312. The summed E-state index contributed by atoms with van der Waals surface area (Å²) in [5, 5.41) is 16.0. The number of halogens is 1. The van der Waals surface area contributed by atoms with Gasteiger partial charge in [-0.05, 0) is 54.9 Å². The number of aryl methyl sites for hydroxylation is 1. The van der Waals surface area contributed by atoms with Crippen molar-refractivity contribution in [3.8, 4) is 0 Å². The van der Waals surface area contributed by atoms with Crippen molar-refractivity contribution in [2.75, 3.05) is 0 Å². The molecule has 5 heteroatoms. The molecule has 2 heterocycles. The van der Waals surface area contributed by atoms with Gasteiger partial charge in [-0.1, -0.05) is 11.6 Å². The van der Waals surface area contributed by atoms with Crippen LogP contribution < -0.4 is 0 Å². The molecule has 3 aromatic rings. The van der Waals surface area contributed by atoms with E-state index in [1.807, 2.05) is 45.0 Å². The highest BCUT2D eigenvalue weighted by molar-refractivity contribution is 9.10. The number of hydrogen-bond donors (Lipinski definition) is 1. The van der Waals surface area contributed by atoms with Crippen LogP contribution >= 0.6 is 15.9 Å². The number of rotatable bonds is 3. The molecular weight excluding hydrogens is 332 g/mol. The Kier molecular flexibility index (Phi) is 3.63. The van der Waals surface area contributed by atoms with Gasteiger partial charge >= 0.3 is 0 Å². The Bertz CT molecular complexity index is 789. The van der Waals surface area contributed by atoms with Crippen LogP contribution in [0.5, 0.6) is 0 Å². The van der Waals surface area contributed by atoms with Crippen molar-refractivity contribution in [2.45, 2.75) is 32.9 Å². The number of benzene rings is 1. The monoisotopic (exact) mass is 348 g/mol. The van der Waals surface area contributed by atoms with E-state index in [1.54, 1.807) is 10.9 Å². The molecule has 0 fully saturated rings. The second-order valence-corrected chi connectivity index (χ2v) is 6.36. The van der Waals surface area contributed by atoms with E-state index in [9.17, 15) is 5.11 Å². The number of fused-ring (bicyclic) bond motifs is 1. The van der Waals surface area contributed by atoms with Crippen molar-refractivity contribution < 1.29 is 9.52 Å². The van der Waals surface area contributed by atoms with Gasteiger partial charge in [0.15, 0.2) is 6.10 Å². The van der Waals surface area contributed by atoms with E-state index >= 15 is 0 Å². The lowest BCUT2D eigenvalue weighted by molar-refractivity contribution is 0.178. The van der Waals surface area contributed by atoms with Crippen molar-refractivity contribution in [1.29, 1.82) is 0 Å². The van der Waals surface area contributed by atoms with E-state index in [4.69, 9.17) is 4.42 Å². The zero-order valence-electron chi connectivity index (χ0n) is 12.2. The van der Waals surface area contributed by atoms with E-state index in [-0.39, 0.29) is 6.04 Å². The number of aliphatic hydroxyl groups excluding tert-OH is 1. The van der Waals surface area contributed by atoms with Gasteiger partial charge in [0, 0.05) is 11.4 Å². The molecule has 2 aromatic heterocycles. The van der Waals surface area contributed by atoms with Gasteiger partial charge < -0.3 is 9.52 Å². The van der Waals surface area contributed by atoms with Crippen LogP contribution in [0.4, 0.5) is 0 Å². The first-order chi connectivity index (χ1) is 9.97. The molecule has 1 aromatic carbocycles. The standard InChI is InChI=1S/C16H17BrN2O2/c1-9(2)19-15(12(17)8-18-19)16(20)14-7-11-6-10(3)4-5-13(11)21-14/h4-9,16,20H,1-3H3. The summed E-state index contributed by atoms with van der Waals surface area (Å²) in [6, 6.07) is 8.01. The molecule has 0 saturated heterocycles. The highest BCUT2D eigenvalue weighted by Crippen LogP contribution is 2.33. The first-order valence-electron chi connectivity index (χ1n) is 6.88. The van der Waals surface area contributed by atoms with Gasteiger partial charge in [-0.25, -0.2) is 0 Å². The predicted molar refractivity (Wildman–Crippen MR) is 85.3 cm³/mol. The van der Waals surface area contributed by atoms with E-state index in [0.29, 0.717) is 11.5 Å². The summed E-state index contributed by atoms with van der Waals surface area (Å²) >= 11 is 3.45. The number of aromatic nitrogens is 2. The fourth-order valence-corrected chi connectivity index (χ4v) is 2.96. The highest BCUT2D eigenvalue weighted by Gasteiger charge is 2.24. The van der Waals surface area contributed by atoms with Crippen LogP contribution in [0.15, 0.2) is 39.4 Å². The third kappa shape index (κ3) is 2.51. The predicted octanol–water partition coefficient (Wildman–Crippen LogP) is 4.36. The molecule has 0 aliphatic carbocycles. The zero-order chi connectivity index (χ0) is 15.1. The molecule has 0 spiro atoms. The molecule has 3 rings (SSSR count). The summed E-state index contributed by atoms with van der Waals surface area (Å²) in [6.07, 6.45) is 0.850. The molecule has 4 nitrogen and oxygen atoms in total. The minimum atomic E-state index is -0.850. The van der Waals surface area contributed by atoms with E-state index in [0.717, 1.165) is 21.0 Å². The topological polar surface area (TPSA) is 51.2 Å². The van der Waals surface area contributed by atoms with E-state index in [1.165, 1.54) is 0 Å². The van der Waals surface area contributed by atoms with Crippen molar-refractivity contribution in [3.05, 3.63) is 52.0 Å². The summed E-state index contributed by atoms with van der Waals surface area (Å²) in [6.45, 7) is 6.09. The molecule has 0 aliphatic heterocycles. The summed E-state index contributed by atoms with van der Waals surface area (Å²) < 4.78 is 8.36. The van der Waals surface area contributed by atoms with Gasteiger partial charge in [-0.2, -0.15) is 5.10 Å². The van der Waals surface area contributed by atoms with Crippen LogP contribution in [0.2, 0.25) is 0 Å². The summed E-state index contributed by atoms with van der Waals surface area (Å²) in [4.78, 5) is 0. The SMILES string of the molecule is Cc1ccc2oc(C(O)c3c(Br)cnn3C(C)C)cc2c1. The lowest BCUT2D eigenvalue weighted by atomic mass is 10.1. The Morgan fingerprint density at radius 2 is 2.05 bits per heavy atom. The molecule has 1 unspecified atom stereocenters. The Hall–Kier alpha value is -1.59. The van der Waals surface area contributed by atoms with Gasteiger partial charge in [0.05, 0.1) is 16.4 Å². The Morgan fingerprint density at radius 1 is 1.29 bits per heavy atom. The first kappa shape index (κ1) is 14.4. The maximum Gasteiger partial charge on any atom is 0.154 e. The highest BCUT2D eigenvalue weighted by atomic mass is 79.9. The largest absolute Gasteiger partial charge is 0.458 e. The Balaban J connectivity index is 2.08. The van der Waals surface area contributed by atoms with Crippen LogP contribution in [0.1, 0.15) is 43.0 Å². The zero-order valence-corrected chi connectivity index (χ0v) is 13.8. The quantitative estimate of drug-likeness (QED) is 0.764. The number of hydrogen-bond acceptors (Lipinski definition) is 3. The molecule has 21 heavy (non-hydrogen) atoms. The molecule has 0 radical (unpaired) electrons. The van der Waals surface area contributed by atoms with Crippen LogP contribution in [0, 0.1) is 6.92 Å². The molecule has 0 amide bonds. The number of aliphatic hydroxyl groups is 1. The normalized spacial score (nSPS) is 13.2. The van der Waals surface area contributed by atoms with Crippen molar-refractivity contribution in [1.82, 2.24) is 9.78 Å². The van der Waals surface area contributed by atoms with Crippen LogP contribution in [0.3, 0.4) is 0 Å². The van der Waals surface area contributed by atoms with E-state index in [2.05, 4.69) is 21.0 Å². The minimum absolute atomic E-state index is 0.160. The fourth-order valence-electron chi connectivity index (χ4n) is 2.47. The number of nitrogens with zero attached hydrogens (tertiary/aromatic N) is 2. The van der Waals surface area contributed by atoms with Crippen molar-refractivity contribution >= 4 is 26.9 Å². The second-order valence-electron chi connectivity index (χ2n) is 5.51. The number of furan rings is 1. The van der Waals surface area contributed by atoms with Crippen LogP contribution in [0.25, 0.3) is 11.0 Å². The van der Waals surface area contributed by atoms with Gasteiger partial charge in [0.2, 0.25) is 0 Å². The molecule has 0 bridgehead atoms. The second kappa shape index (κ2) is 5.31. The van der Waals surface area contributed by atoms with Crippen molar-refractivity contribution in [3.63, 3.8) is 0 Å². The average molecular weight is 349 g/mol. The van der Waals surface area contributed by atoms with Gasteiger partial charge in [0.1, 0.15) is 11.3 Å². The average Bonchev–Trinajstić information content (AvgIpc) is 3.00. The molecule has 1 N–H and O–H groups in total. The minimum Gasteiger partial charge on any atom is -0.458 e. The molecular formula is C16H17BrN2O2. The maximum absolute atomic E-state index is 10.7. The third-order valence-corrected chi connectivity index (χ3v) is 4.11. The molecule has 0 aliphatic rings. The first-order valence-corrected chi connectivity index (χ1v) is 7.67. The summed E-state index contributed by atoms with van der Waals surface area (Å²) in [5.74, 6) is 0.527. The molecule has 110 valence electrons. The summed E-state index contributed by atoms with van der Waals surface area (Å²) in [5.41, 5.74) is 2.65. The van der Waals surface area contributed by atoms with E-state index < -0.39 is 6.10 Å². The van der Waals surface area contributed by atoms with Gasteiger partial charge in [-0.3, -0.25) is 4.68 Å². The van der Waals surface area contributed by atoms with Crippen molar-refractivity contribution in [2.24, 2.45) is 0 Å². The maximum atomic E-state index is 10.7. The molecule has 0 saturated carbocycles. The third-order valence-electron chi connectivity index (χ3n) is 3.50. The van der Waals surface area contributed by atoms with Gasteiger partial charge in [-0.15, -0.1) is 0 Å². The lowest BCUT2D eigenvalue weighted by Gasteiger charge is -2.15. The van der Waals surface area contributed by atoms with Crippen LogP contribution in [-0.2, 0) is 0 Å². The molecule has 1 atom stereocenters. The Morgan fingerprint density at radius 3 is 2.76 bits per heavy atom. The lowest BCUT2D eigenvalue weighted by Crippen LogP contribution is -2.12. The Labute approximate surface area is 131 Å². The van der Waals surface area contributed by atoms with Gasteiger partial charge in [0.25, 0.3) is 0 Å².